The van der Waals surface area contributed by atoms with Crippen LogP contribution in [0.2, 0.25) is 0 Å². The molecule has 8 heteroatoms. The topological polar surface area (TPSA) is 120 Å². The van der Waals surface area contributed by atoms with E-state index >= 15 is 0 Å². The molecule has 2 rings (SSSR count). The van der Waals surface area contributed by atoms with E-state index in [2.05, 4.69) is 10.9 Å². The van der Waals surface area contributed by atoms with E-state index in [4.69, 9.17) is 10.5 Å². The second kappa shape index (κ2) is 7.04. The van der Waals surface area contributed by atoms with Crippen LogP contribution < -0.4 is 21.3 Å². The SMILES string of the molecule is NC(=O)NNCc1ccc(Oc2ccc([N+](=O)[O-])cc2)cc1. The summed E-state index contributed by atoms with van der Waals surface area (Å²) in [7, 11) is 0. The molecule has 4 N–H and O–H groups in total. The number of nitrogens with zero attached hydrogens (tertiary/aromatic N) is 1. The van der Waals surface area contributed by atoms with Gasteiger partial charge in [-0.15, -0.1) is 0 Å². The lowest BCUT2D eigenvalue weighted by Gasteiger charge is -2.07. The minimum Gasteiger partial charge on any atom is -0.457 e. The van der Waals surface area contributed by atoms with Crippen LogP contribution in [0.1, 0.15) is 5.56 Å². The number of rotatable bonds is 6. The fourth-order valence-electron chi connectivity index (χ4n) is 1.68. The molecule has 0 aromatic heterocycles. The van der Waals surface area contributed by atoms with Gasteiger partial charge in [-0.1, -0.05) is 12.1 Å². The molecule has 0 spiro atoms. The Bertz CT molecular complexity index is 656. The minimum absolute atomic E-state index is 0.00993. The molecule has 2 aromatic rings. The number of primary amides is 1. The molecule has 0 aliphatic carbocycles. The third-order valence-electron chi connectivity index (χ3n) is 2.71. The van der Waals surface area contributed by atoms with Crippen LogP contribution in [-0.4, -0.2) is 11.0 Å². The van der Waals surface area contributed by atoms with Gasteiger partial charge in [0.25, 0.3) is 5.69 Å². The van der Waals surface area contributed by atoms with Gasteiger partial charge in [0.2, 0.25) is 0 Å². The molecular weight excluding hydrogens is 288 g/mol. The summed E-state index contributed by atoms with van der Waals surface area (Å²) >= 11 is 0. The van der Waals surface area contributed by atoms with Gasteiger partial charge in [-0.3, -0.25) is 15.5 Å². The molecule has 0 bridgehead atoms. The second-order valence-corrected chi connectivity index (χ2v) is 4.34. The van der Waals surface area contributed by atoms with Crippen LogP contribution >= 0.6 is 0 Å². The lowest BCUT2D eigenvalue weighted by molar-refractivity contribution is -0.384. The number of nitrogens with two attached hydrogens (primary N) is 1. The number of non-ortho nitro benzene ring substituents is 1. The van der Waals surface area contributed by atoms with Crippen LogP contribution in [0.4, 0.5) is 10.5 Å². The standard InChI is InChI=1S/C14H14N4O4/c15-14(19)17-16-9-10-1-5-12(6-2-10)22-13-7-3-11(4-8-13)18(20)21/h1-8,16H,9H2,(H3,15,17,19). The number of ether oxygens (including phenoxy) is 1. The van der Waals surface area contributed by atoms with Gasteiger partial charge >= 0.3 is 6.03 Å². The smallest absolute Gasteiger partial charge is 0.326 e. The van der Waals surface area contributed by atoms with Crippen molar-refractivity contribution >= 4 is 11.7 Å². The van der Waals surface area contributed by atoms with E-state index in [0.717, 1.165) is 5.56 Å². The Morgan fingerprint density at radius 1 is 1.09 bits per heavy atom. The normalized spacial score (nSPS) is 10.0. The summed E-state index contributed by atoms with van der Waals surface area (Å²) < 4.78 is 5.58. The first-order valence-electron chi connectivity index (χ1n) is 6.34. The zero-order valence-electron chi connectivity index (χ0n) is 11.5. The number of amides is 2. The first-order valence-corrected chi connectivity index (χ1v) is 6.34. The van der Waals surface area contributed by atoms with Crippen LogP contribution in [0.3, 0.4) is 0 Å². The Hall–Kier alpha value is -3.13. The number of carbonyl (C=O) groups excluding carboxylic acids is 1. The van der Waals surface area contributed by atoms with Crippen molar-refractivity contribution in [1.29, 1.82) is 0 Å². The lowest BCUT2D eigenvalue weighted by Crippen LogP contribution is -2.40. The highest BCUT2D eigenvalue weighted by Crippen LogP contribution is 2.23. The molecular formula is C14H14N4O4. The van der Waals surface area contributed by atoms with E-state index in [1.807, 2.05) is 12.1 Å². The Morgan fingerprint density at radius 2 is 1.64 bits per heavy atom. The summed E-state index contributed by atoms with van der Waals surface area (Å²) in [4.78, 5) is 20.6. The van der Waals surface area contributed by atoms with Crippen molar-refractivity contribution in [2.45, 2.75) is 6.54 Å². The van der Waals surface area contributed by atoms with Crippen LogP contribution in [-0.2, 0) is 6.54 Å². The average Bonchev–Trinajstić information content (AvgIpc) is 2.49. The molecule has 2 aromatic carbocycles. The van der Waals surface area contributed by atoms with Crippen LogP contribution in [0, 0.1) is 10.1 Å². The number of hydrazine groups is 1. The van der Waals surface area contributed by atoms with E-state index in [1.165, 1.54) is 24.3 Å². The molecule has 2 amide bonds. The van der Waals surface area contributed by atoms with Crippen molar-refractivity contribution in [3.05, 3.63) is 64.2 Å². The van der Waals surface area contributed by atoms with E-state index in [9.17, 15) is 14.9 Å². The Labute approximate surface area is 126 Å². The molecule has 0 atom stereocenters. The monoisotopic (exact) mass is 302 g/mol. The number of nitrogens with one attached hydrogen (secondary N) is 2. The Kier molecular flexibility index (Phi) is 4.89. The first kappa shape index (κ1) is 15.3. The summed E-state index contributed by atoms with van der Waals surface area (Å²) in [6, 6.07) is 12.3. The predicted octanol–water partition coefficient (Wildman–Crippen LogP) is 2.06. The molecule has 22 heavy (non-hydrogen) atoms. The molecule has 0 unspecified atom stereocenters. The fraction of sp³-hybridized carbons (Fsp3) is 0.0714. The predicted molar refractivity (Wildman–Crippen MR) is 79.2 cm³/mol. The van der Waals surface area contributed by atoms with E-state index in [0.29, 0.717) is 18.0 Å². The molecule has 114 valence electrons. The minimum atomic E-state index is -0.655. The van der Waals surface area contributed by atoms with Gasteiger partial charge in [-0.25, -0.2) is 10.2 Å². The van der Waals surface area contributed by atoms with Crippen molar-refractivity contribution < 1.29 is 14.5 Å². The highest BCUT2D eigenvalue weighted by molar-refractivity contribution is 5.70. The van der Waals surface area contributed by atoms with Gasteiger partial charge in [0.15, 0.2) is 0 Å². The molecule has 0 fully saturated rings. The Morgan fingerprint density at radius 3 is 2.14 bits per heavy atom. The lowest BCUT2D eigenvalue weighted by atomic mass is 10.2. The van der Waals surface area contributed by atoms with Crippen molar-refractivity contribution in [3.8, 4) is 11.5 Å². The first-order chi connectivity index (χ1) is 10.5. The van der Waals surface area contributed by atoms with Gasteiger partial charge < -0.3 is 10.5 Å². The van der Waals surface area contributed by atoms with Gasteiger partial charge in [0.05, 0.1) is 4.92 Å². The highest BCUT2D eigenvalue weighted by Gasteiger charge is 2.05. The molecule has 0 heterocycles. The number of nitro groups is 1. The number of hydrogen-bond acceptors (Lipinski definition) is 5. The van der Waals surface area contributed by atoms with Crippen molar-refractivity contribution in [2.24, 2.45) is 5.73 Å². The maximum absolute atomic E-state index is 10.6. The second-order valence-electron chi connectivity index (χ2n) is 4.34. The molecule has 0 saturated carbocycles. The third-order valence-corrected chi connectivity index (χ3v) is 2.71. The number of urea groups is 1. The quantitative estimate of drug-likeness (QED) is 0.557. The average molecular weight is 302 g/mol. The molecule has 0 aliphatic rings. The summed E-state index contributed by atoms with van der Waals surface area (Å²) in [6.07, 6.45) is 0. The van der Waals surface area contributed by atoms with Crippen LogP contribution in [0.5, 0.6) is 11.5 Å². The summed E-state index contributed by atoms with van der Waals surface area (Å²) in [5.74, 6) is 1.10. The largest absolute Gasteiger partial charge is 0.457 e. The maximum atomic E-state index is 10.6. The summed E-state index contributed by atoms with van der Waals surface area (Å²) in [5.41, 5.74) is 10.8. The molecule has 0 saturated heterocycles. The van der Waals surface area contributed by atoms with E-state index in [1.54, 1.807) is 12.1 Å². The van der Waals surface area contributed by atoms with Crippen molar-refractivity contribution in [2.75, 3.05) is 0 Å². The fourth-order valence-corrected chi connectivity index (χ4v) is 1.68. The molecule has 0 radical (unpaired) electrons. The van der Waals surface area contributed by atoms with Gasteiger partial charge in [-0.2, -0.15) is 0 Å². The molecule has 0 aliphatic heterocycles. The zero-order valence-corrected chi connectivity index (χ0v) is 11.5. The number of hydrogen-bond donors (Lipinski definition) is 3. The number of benzene rings is 2. The van der Waals surface area contributed by atoms with E-state index in [-0.39, 0.29) is 5.69 Å². The van der Waals surface area contributed by atoms with Crippen molar-refractivity contribution in [3.63, 3.8) is 0 Å². The summed E-state index contributed by atoms with van der Waals surface area (Å²) in [6.45, 7) is 0.417. The van der Waals surface area contributed by atoms with Gasteiger partial charge in [-0.05, 0) is 29.8 Å². The third kappa shape index (κ3) is 4.46. The Balaban J connectivity index is 1.93. The molecule has 8 nitrogen and oxygen atoms in total. The van der Waals surface area contributed by atoms with Crippen LogP contribution in [0.25, 0.3) is 0 Å². The summed E-state index contributed by atoms with van der Waals surface area (Å²) in [5, 5.41) is 10.6. The zero-order chi connectivity index (χ0) is 15.9. The van der Waals surface area contributed by atoms with Crippen molar-refractivity contribution in [1.82, 2.24) is 10.9 Å². The maximum Gasteiger partial charge on any atom is 0.326 e. The van der Waals surface area contributed by atoms with Gasteiger partial charge in [0.1, 0.15) is 11.5 Å². The highest BCUT2D eigenvalue weighted by atomic mass is 16.6. The van der Waals surface area contributed by atoms with Gasteiger partial charge in [0, 0.05) is 18.7 Å². The van der Waals surface area contributed by atoms with E-state index < -0.39 is 11.0 Å². The number of nitro benzene ring substituents is 1. The number of carbonyl (C=O) groups is 1. The van der Waals surface area contributed by atoms with Crippen LogP contribution in [0.15, 0.2) is 48.5 Å².